The quantitative estimate of drug-likeness (QED) is 0.338. The highest BCUT2D eigenvalue weighted by Crippen LogP contribution is 2.26. The van der Waals surface area contributed by atoms with Crippen LogP contribution in [0.1, 0.15) is 36.2 Å². The van der Waals surface area contributed by atoms with Crippen LogP contribution in [-0.2, 0) is 16.6 Å². The second kappa shape index (κ2) is 11.4. The number of H-pyrrole nitrogens is 1. The van der Waals surface area contributed by atoms with Gasteiger partial charge in [0.05, 0.1) is 18.6 Å². The van der Waals surface area contributed by atoms with Crippen molar-refractivity contribution in [1.82, 2.24) is 24.2 Å². The lowest BCUT2D eigenvalue weighted by Crippen LogP contribution is -2.29. The predicted molar refractivity (Wildman–Crippen MR) is 138 cm³/mol. The van der Waals surface area contributed by atoms with E-state index < -0.39 is 10.0 Å². The lowest BCUT2D eigenvalue weighted by molar-refractivity contribution is 0.456. The Labute approximate surface area is 206 Å². The van der Waals surface area contributed by atoms with E-state index in [1.54, 1.807) is 13.4 Å². The van der Waals surface area contributed by atoms with Gasteiger partial charge in [0, 0.05) is 19.5 Å². The van der Waals surface area contributed by atoms with Gasteiger partial charge in [-0.2, -0.15) is 4.31 Å². The largest absolute Gasteiger partial charge is 0.367 e. The Balaban J connectivity index is 0.00000324. The maximum absolute atomic E-state index is 12.4. The second-order valence-corrected chi connectivity index (χ2v) is 10.1. The zero-order chi connectivity index (χ0) is 23.3. The van der Waals surface area contributed by atoms with Crippen molar-refractivity contribution in [1.29, 1.82) is 0 Å². The first-order valence-corrected chi connectivity index (χ1v) is 12.6. The standard InChI is InChI=1S/C24H28N6O2S.ClH/c1-3-14-33(31,32)30(2)16-21-28-23(22-24(29-21)27-17-26-22)25-15-20(18-10-6-4-7-11-18)19-12-8-5-9-13-19;/h4-13,17,20H,3,14-16H2,1-2H3,(H2,25,26,27,28,29);1H. The SMILES string of the molecule is CCCS(=O)(=O)N(C)Cc1nc(NCC(c2ccccc2)c2ccccc2)c2nc[nH]c2n1.Cl. The molecule has 0 saturated carbocycles. The average molecular weight is 501 g/mol. The summed E-state index contributed by atoms with van der Waals surface area (Å²) in [7, 11) is -1.80. The molecule has 0 fully saturated rings. The van der Waals surface area contributed by atoms with E-state index in [1.807, 2.05) is 43.3 Å². The molecule has 4 aromatic rings. The average Bonchev–Trinajstić information content (AvgIpc) is 3.29. The first-order valence-electron chi connectivity index (χ1n) is 11.0. The maximum Gasteiger partial charge on any atom is 0.214 e. The van der Waals surface area contributed by atoms with E-state index in [2.05, 4.69) is 49.5 Å². The molecule has 0 unspecified atom stereocenters. The molecule has 0 aliphatic carbocycles. The third kappa shape index (κ3) is 5.91. The number of fused-ring (bicyclic) bond motifs is 1. The van der Waals surface area contributed by atoms with Gasteiger partial charge < -0.3 is 10.3 Å². The number of imidazole rings is 1. The Morgan fingerprint density at radius 2 is 1.62 bits per heavy atom. The smallest absolute Gasteiger partial charge is 0.214 e. The van der Waals surface area contributed by atoms with Crippen molar-refractivity contribution in [3.05, 3.63) is 83.9 Å². The van der Waals surface area contributed by atoms with Crippen molar-refractivity contribution in [3.8, 4) is 0 Å². The number of nitrogens with one attached hydrogen (secondary N) is 2. The van der Waals surface area contributed by atoms with Gasteiger partial charge in [0.2, 0.25) is 10.0 Å². The highest BCUT2D eigenvalue weighted by molar-refractivity contribution is 7.89. The second-order valence-electron chi connectivity index (χ2n) is 7.92. The van der Waals surface area contributed by atoms with Crippen LogP contribution in [0.4, 0.5) is 5.82 Å². The minimum absolute atomic E-state index is 0. The number of hydrogen-bond acceptors (Lipinski definition) is 6. The minimum Gasteiger partial charge on any atom is -0.367 e. The Hall–Kier alpha value is -3.01. The minimum atomic E-state index is -3.35. The molecule has 0 amide bonds. The molecule has 4 rings (SSSR count). The molecule has 0 aliphatic rings. The summed E-state index contributed by atoms with van der Waals surface area (Å²) in [6.07, 6.45) is 2.12. The summed E-state index contributed by atoms with van der Waals surface area (Å²) in [5.74, 6) is 1.19. The molecule has 0 aliphatic heterocycles. The van der Waals surface area contributed by atoms with Crippen LogP contribution in [-0.4, -0.2) is 52.0 Å². The molecule has 180 valence electrons. The van der Waals surface area contributed by atoms with E-state index in [1.165, 1.54) is 15.4 Å². The molecule has 10 heteroatoms. The number of anilines is 1. The predicted octanol–water partition coefficient (Wildman–Crippen LogP) is 4.19. The number of benzene rings is 2. The molecule has 34 heavy (non-hydrogen) atoms. The summed E-state index contributed by atoms with van der Waals surface area (Å²) in [5.41, 5.74) is 3.57. The van der Waals surface area contributed by atoms with E-state index in [0.29, 0.717) is 35.8 Å². The molecule has 0 saturated heterocycles. The zero-order valence-corrected chi connectivity index (χ0v) is 20.8. The lowest BCUT2D eigenvalue weighted by atomic mass is 9.91. The van der Waals surface area contributed by atoms with Crippen molar-refractivity contribution in [2.24, 2.45) is 0 Å². The molecular formula is C24H29ClN6O2S. The fourth-order valence-electron chi connectivity index (χ4n) is 3.78. The molecule has 0 atom stereocenters. The molecular weight excluding hydrogens is 472 g/mol. The van der Waals surface area contributed by atoms with Gasteiger partial charge in [0.15, 0.2) is 11.5 Å². The van der Waals surface area contributed by atoms with E-state index >= 15 is 0 Å². The molecule has 8 nitrogen and oxygen atoms in total. The number of halogens is 1. The first-order chi connectivity index (χ1) is 16.0. The Morgan fingerprint density at radius 3 is 2.21 bits per heavy atom. The summed E-state index contributed by atoms with van der Waals surface area (Å²) in [6, 6.07) is 20.6. The molecule has 0 spiro atoms. The van der Waals surface area contributed by atoms with Crippen LogP contribution in [0.3, 0.4) is 0 Å². The van der Waals surface area contributed by atoms with E-state index in [9.17, 15) is 8.42 Å². The van der Waals surface area contributed by atoms with Crippen LogP contribution in [0, 0.1) is 0 Å². The van der Waals surface area contributed by atoms with Gasteiger partial charge in [-0.15, -0.1) is 12.4 Å². The topological polar surface area (TPSA) is 104 Å². The molecule has 2 aromatic heterocycles. The van der Waals surface area contributed by atoms with Crippen LogP contribution in [0.15, 0.2) is 67.0 Å². The van der Waals surface area contributed by atoms with Crippen LogP contribution < -0.4 is 5.32 Å². The fourth-order valence-corrected chi connectivity index (χ4v) is 4.92. The molecule has 0 bridgehead atoms. The van der Waals surface area contributed by atoms with Gasteiger partial charge in [0.25, 0.3) is 0 Å². The lowest BCUT2D eigenvalue weighted by Gasteiger charge is -2.20. The van der Waals surface area contributed by atoms with Crippen LogP contribution >= 0.6 is 12.4 Å². The number of aromatic amines is 1. The molecule has 0 radical (unpaired) electrons. The summed E-state index contributed by atoms with van der Waals surface area (Å²) >= 11 is 0. The monoisotopic (exact) mass is 500 g/mol. The molecule has 2 aromatic carbocycles. The van der Waals surface area contributed by atoms with Gasteiger partial charge >= 0.3 is 0 Å². The summed E-state index contributed by atoms with van der Waals surface area (Å²) in [6.45, 7) is 2.53. The van der Waals surface area contributed by atoms with Crippen molar-refractivity contribution in [2.75, 3.05) is 24.7 Å². The number of hydrogen-bond donors (Lipinski definition) is 2. The Kier molecular flexibility index (Phi) is 8.60. The van der Waals surface area contributed by atoms with Gasteiger partial charge in [-0.05, 0) is 17.5 Å². The highest BCUT2D eigenvalue weighted by Gasteiger charge is 2.20. The third-order valence-electron chi connectivity index (χ3n) is 5.50. The van der Waals surface area contributed by atoms with Gasteiger partial charge in [-0.3, -0.25) is 0 Å². The number of nitrogens with zero attached hydrogens (tertiary/aromatic N) is 4. The van der Waals surface area contributed by atoms with Crippen molar-refractivity contribution < 1.29 is 8.42 Å². The summed E-state index contributed by atoms with van der Waals surface area (Å²) in [4.78, 5) is 16.5. The van der Waals surface area contributed by atoms with E-state index in [-0.39, 0.29) is 30.6 Å². The van der Waals surface area contributed by atoms with Crippen molar-refractivity contribution in [2.45, 2.75) is 25.8 Å². The van der Waals surface area contributed by atoms with E-state index in [0.717, 1.165) is 0 Å². The molecule has 2 heterocycles. The van der Waals surface area contributed by atoms with Crippen LogP contribution in [0.2, 0.25) is 0 Å². The highest BCUT2D eigenvalue weighted by atomic mass is 35.5. The van der Waals surface area contributed by atoms with Crippen LogP contribution in [0.25, 0.3) is 11.2 Å². The summed E-state index contributed by atoms with van der Waals surface area (Å²) in [5, 5.41) is 3.45. The van der Waals surface area contributed by atoms with Gasteiger partial charge in [0.1, 0.15) is 11.3 Å². The number of rotatable bonds is 10. The fraction of sp³-hybridized carbons (Fsp3) is 0.292. The van der Waals surface area contributed by atoms with Crippen LogP contribution in [0.5, 0.6) is 0 Å². The first kappa shape index (κ1) is 25.6. The number of sulfonamides is 1. The summed E-state index contributed by atoms with van der Waals surface area (Å²) < 4.78 is 26.1. The maximum atomic E-state index is 12.4. The Bertz CT molecular complexity index is 1260. The van der Waals surface area contributed by atoms with E-state index in [4.69, 9.17) is 0 Å². The number of aromatic nitrogens is 4. The Morgan fingerprint density at radius 1 is 1.00 bits per heavy atom. The van der Waals surface area contributed by atoms with Gasteiger partial charge in [-0.25, -0.2) is 23.4 Å². The zero-order valence-electron chi connectivity index (χ0n) is 19.2. The third-order valence-corrected chi connectivity index (χ3v) is 7.51. The normalized spacial score (nSPS) is 11.6. The molecule has 2 N–H and O–H groups in total. The van der Waals surface area contributed by atoms with Gasteiger partial charge in [-0.1, -0.05) is 67.6 Å². The van der Waals surface area contributed by atoms with Crippen molar-refractivity contribution in [3.63, 3.8) is 0 Å². The van der Waals surface area contributed by atoms with Crippen molar-refractivity contribution >= 4 is 39.4 Å².